The van der Waals surface area contributed by atoms with Crippen molar-refractivity contribution in [3.05, 3.63) is 22.4 Å². The van der Waals surface area contributed by atoms with E-state index in [0.717, 1.165) is 71.5 Å². The Labute approximate surface area is 153 Å². The molecular formula is C19H27N3O2S. The maximum absolute atomic E-state index is 12.8. The maximum Gasteiger partial charge on any atom is 0.225 e. The summed E-state index contributed by atoms with van der Waals surface area (Å²) in [4.78, 5) is 32.8. The summed E-state index contributed by atoms with van der Waals surface area (Å²) in [6, 6.07) is 4.28. The first-order chi connectivity index (χ1) is 12.2. The standard InChI is InChI=1S/C19H27N3O2S/c23-18(15-3-4-15)21-7-5-16(6-8-21)19(24)22-11-9-20(10-12-22)14-17-2-1-13-25-17/h1-2,13,15-16H,3-12,14H2. The summed E-state index contributed by atoms with van der Waals surface area (Å²) >= 11 is 1.80. The lowest BCUT2D eigenvalue weighted by Crippen LogP contribution is -2.51. The van der Waals surface area contributed by atoms with E-state index in [0.29, 0.717) is 17.7 Å². The Morgan fingerprint density at radius 2 is 1.48 bits per heavy atom. The van der Waals surface area contributed by atoms with Crippen LogP contribution in [0.25, 0.3) is 0 Å². The first-order valence-electron chi connectivity index (χ1n) is 9.53. The van der Waals surface area contributed by atoms with Gasteiger partial charge in [0.15, 0.2) is 0 Å². The number of nitrogens with zero attached hydrogens (tertiary/aromatic N) is 3. The lowest BCUT2D eigenvalue weighted by molar-refractivity contribution is -0.142. The molecule has 1 aromatic heterocycles. The Bertz CT molecular complexity index is 598. The van der Waals surface area contributed by atoms with Crippen LogP contribution in [0.5, 0.6) is 0 Å². The molecule has 1 aromatic rings. The smallest absolute Gasteiger partial charge is 0.225 e. The molecule has 3 heterocycles. The number of rotatable bonds is 4. The third kappa shape index (κ3) is 4.06. The molecule has 0 atom stereocenters. The third-order valence-electron chi connectivity index (χ3n) is 5.73. The summed E-state index contributed by atoms with van der Waals surface area (Å²) in [5.41, 5.74) is 0. The van der Waals surface area contributed by atoms with E-state index in [-0.39, 0.29) is 5.92 Å². The summed E-state index contributed by atoms with van der Waals surface area (Å²) in [5, 5.41) is 2.12. The van der Waals surface area contributed by atoms with Crippen LogP contribution in [0.3, 0.4) is 0 Å². The lowest BCUT2D eigenvalue weighted by atomic mass is 9.94. The molecule has 5 nitrogen and oxygen atoms in total. The lowest BCUT2D eigenvalue weighted by Gasteiger charge is -2.38. The molecule has 0 spiro atoms. The van der Waals surface area contributed by atoms with Crippen molar-refractivity contribution in [1.82, 2.24) is 14.7 Å². The molecule has 136 valence electrons. The van der Waals surface area contributed by atoms with Crippen LogP contribution in [-0.4, -0.2) is 65.8 Å². The van der Waals surface area contributed by atoms with Crippen LogP contribution in [0.2, 0.25) is 0 Å². The highest BCUT2D eigenvalue weighted by Crippen LogP contribution is 2.32. The number of carbonyl (C=O) groups excluding carboxylic acids is 2. The highest BCUT2D eigenvalue weighted by atomic mass is 32.1. The number of thiophene rings is 1. The van der Waals surface area contributed by atoms with Crippen molar-refractivity contribution in [2.75, 3.05) is 39.3 Å². The molecule has 0 aromatic carbocycles. The molecule has 1 aliphatic carbocycles. The topological polar surface area (TPSA) is 43.9 Å². The Kier molecular flexibility index (Phi) is 5.08. The molecule has 0 bridgehead atoms. The van der Waals surface area contributed by atoms with E-state index in [1.54, 1.807) is 11.3 Å². The quantitative estimate of drug-likeness (QED) is 0.824. The fourth-order valence-corrected chi connectivity index (χ4v) is 4.69. The summed E-state index contributed by atoms with van der Waals surface area (Å²) in [5.74, 6) is 1.05. The monoisotopic (exact) mass is 361 g/mol. The molecule has 1 saturated carbocycles. The third-order valence-corrected chi connectivity index (χ3v) is 6.59. The summed E-state index contributed by atoms with van der Waals surface area (Å²) in [6.45, 7) is 6.14. The molecule has 0 radical (unpaired) electrons. The molecule has 2 aliphatic heterocycles. The number of hydrogen-bond acceptors (Lipinski definition) is 4. The molecular weight excluding hydrogens is 334 g/mol. The van der Waals surface area contributed by atoms with Crippen molar-refractivity contribution in [3.63, 3.8) is 0 Å². The number of amides is 2. The van der Waals surface area contributed by atoms with E-state index >= 15 is 0 Å². The van der Waals surface area contributed by atoms with E-state index in [1.807, 2.05) is 9.80 Å². The number of hydrogen-bond donors (Lipinski definition) is 0. The zero-order valence-electron chi connectivity index (χ0n) is 14.7. The van der Waals surface area contributed by atoms with Gasteiger partial charge in [0.1, 0.15) is 0 Å². The highest BCUT2D eigenvalue weighted by Gasteiger charge is 2.37. The predicted molar refractivity (Wildman–Crippen MR) is 98.2 cm³/mol. The van der Waals surface area contributed by atoms with Gasteiger partial charge in [-0.1, -0.05) is 6.07 Å². The Hall–Kier alpha value is -1.40. The van der Waals surface area contributed by atoms with Gasteiger partial charge in [0.05, 0.1) is 0 Å². The van der Waals surface area contributed by atoms with E-state index in [9.17, 15) is 9.59 Å². The van der Waals surface area contributed by atoms with Gasteiger partial charge < -0.3 is 9.80 Å². The summed E-state index contributed by atoms with van der Waals surface area (Å²) in [6.07, 6.45) is 3.81. The zero-order valence-corrected chi connectivity index (χ0v) is 15.5. The van der Waals surface area contributed by atoms with Crippen molar-refractivity contribution in [3.8, 4) is 0 Å². The van der Waals surface area contributed by atoms with Crippen molar-refractivity contribution < 1.29 is 9.59 Å². The first kappa shape index (κ1) is 17.0. The average molecular weight is 362 g/mol. The van der Waals surface area contributed by atoms with Crippen LogP contribution in [-0.2, 0) is 16.1 Å². The Morgan fingerprint density at radius 3 is 2.04 bits per heavy atom. The second-order valence-electron chi connectivity index (χ2n) is 7.55. The van der Waals surface area contributed by atoms with Crippen LogP contribution >= 0.6 is 11.3 Å². The van der Waals surface area contributed by atoms with Gasteiger partial charge in [0, 0.05) is 62.5 Å². The second-order valence-corrected chi connectivity index (χ2v) is 8.59. The number of piperazine rings is 1. The normalized spacial score (nSPS) is 23.0. The van der Waals surface area contributed by atoms with E-state index in [4.69, 9.17) is 0 Å². The molecule has 0 N–H and O–H groups in total. The second kappa shape index (κ2) is 7.46. The number of likely N-dealkylation sites (tertiary alicyclic amines) is 1. The molecule has 0 unspecified atom stereocenters. The molecule has 3 aliphatic rings. The zero-order chi connectivity index (χ0) is 17.2. The van der Waals surface area contributed by atoms with Crippen LogP contribution in [0.1, 0.15) is 30.6 Å². The fraction of sp³-hybridized carbons (Fsp3) is 0.684. The summed E-state index contributed by atoms with van der Waals surface area (Å²) in [7, 11) is 0. The molecule has 6 heteroatoms. The largest absolute Gasteiger partial charge is 0.342 e. The van der Waals surface area contributed by atoms with Gasteiger partial charge in [-0.2, -0.15) is 0 Å². The van der Waals surface area contributed by atoms with Gasteiger partial charge in [-0.3, -0.25) is 14.5 Å². The first-order valence-corrected chi connectivity index (χ1v) is 10.4. The minimum Gasteiger partial charge on any atom is -0.342 e. The number of piperidine rings is 1. The molecule has 2 saturated heterocycles. The van der Waals surface area contributed by atoms with Crippen molar-refractivity contribution in [2.24, 2.45) is 11.8 Å². The van der Waals surface area contributed by atoms with Gasteiger partial charge in [-0.15, -0.1) is 11.3 Å². The van der Waals surface area contributed by atoms with E-state index < -0.39 is 0 Å². The van der Waals surface area contributed by atoms with Crippen LogP contribution < -0.4 is 0 Å². The predicted octanol–water partition coefficient (Wildman–Crippen LogP) is 2.04. The minimum atomic E-state index is 0.118. The Balaban J connectivity index is 1.22. The van der Waals surface area contributed by atoms with E-state index in [2.05, 4.69) is 22.4 Å². The van der Waals surface area contributed by atoms with Gasteiger partial charge >= 0.3 is 0 Å². The van der Waals surface area contributed by atoms with Crippen LogP contribution in [0.15, 0.2) is 17.5 Å². The molecule has 4 rings (SSSR count). The number of carbonyl (C=O) groups is 2. The molecule has 3 fully saturated rings. The van der Waals surface area contributed by atoms with E-state index in [1.165, 1.54) is 4.88 Å². The average Bonchev–Trinajstić information content (AvgIpc) is 3.39. The van der Waals surface area contributed by atoms with Gasteiger partial charge in [0.25, 0.3) is 0 Å². The fourth-order valence-electron chi connectivity index (χ4n) is 3.94. The van der Waals surface area contributed by atoms with Gasteiger partial charge in [0.2, 0.25) is 11.8 Å². The van der Waals surface area contributed by atoms with Crippen LogP contribution in [0.4, 0.5) is 0 Å². The van der Waals surface area contributed by atoms with Gasteiger partial charge in [-0.05, 0) is 37.1 Å². The van der Waals surface area contributed by atoms with Crippen molar-refractivity contribution >= 4 is 23.2 Å². The molecule has 2 amide bonds. The summed E-state index contributed by atoms with van der Waals surface area (Å²) < 4.78 is 0. The Morgan fingerprint density at radius 1 is 0.880 bits per heavy atom. The highest BCUT2D eigenvalue weighted by molar-refractivity contribution is 7.09. The maximum atomic E-state index is 12.8. The van der Waals surface area contributed by atoms with Crippen molar-refractivity contribution in [2.45, 2.75) is 32.2 Å². The SMILES string of the molecule is O=C(C1CC1)N1CCC(C(=O)N2CCN(Cc3cccs3)CC2)CC1. The van der Waals surface area contributed by atoms with Crippen LogP contribution in [0, 0.1) is 11.8 Å². The molecule has 25 heavy (non-hydrogen) atoms. The van der Waals surface area contributed by atoms with Gasteiger partial charge in [-0.25, -0.2) is 0 Å². The van der Waals surface area contributed by atoms with Crippen molar-refractivity contribution in [1.29, 1.82) is 0 Å². The minimum absolute atomic E-state index is 0.118.